The van der Waals surface area contributed by atoms with E-state index in [1.54, 1.807) is 19.3 Å². The number of hydrogen-bond acceptors (Lipinski definition) is 4. The third-order valence-electron chi connectivity index (χ3n) is 5.28. The molecule has 0 unspecified atom stereocenters. The minimum absolute atomic E-state index is 0.182. The highest BCUT2D eigenvalue weighted by molar-refractivity contribution is 5.95. The highest BCUT2D eigenvalue weighted by Gasteiger charge is 2.25. The zero-order valence-electron chi connectivity index (χ0n) is 19.1. The Hall–Kier alpha value is -3.79. The molecule has 3 aromatic carbocycles. The summed E-state index contributed by atoms with van der Waals surface area (Å²) in [5.74, 6) is 0.709. The maximum absolute atomic E-state index is 13.4. The van der Waals surface area contributed by atoms with Gasteiger partial charge in [0.25, 0.3) is 0 Å². The van der Waals surface area contributed by atoms with E-state index >= 15 is 0 Å². The molecule has 4 heteroatoms. The SMILES string of the molecule is C=CCOc1c(CC=C)c(OC)cc(CCc2ccccc2)c1C(=O)OCc1ccccc1. The molecule has 0 heterocycles. The molecule has 3 rings (SSSR count). The van der Waals surface area contributed by atoms with Gasteiger partial charge in [0.1, 0.15) is 30.3 Å². The average molecular weight is 443 g/mol. The third-order valence-corrected chi connectivity index (χ3v) is 5.28. The fourth-order valence-corrected chi connectivity index (χ4v) is 3.69. The summed E-state index contributed by atoms with van der Waals surface area (Å²) in [6, 6.07) is 21.7. The normalized spacial score (nSPS) is 10.3. The van der Waals surface area contributed by atoms with Crippen molar-refractivity contribution in [2.24, 2.45) is 0 Å². The van der Waals surface area contributed by atoms with Crippen molar-refractivity contribution >= 4 is 5.97 Å². The molecule has 0 spiro atoms. The number of carbonyl (C=O) groups is 1. The van der Waals surface area contributed by atoms with Crippen LogP contribution >= 0.6 is 0 Å². The quantitative estimate of drug-likeness (QED) is 0.250. The minimum atomic E-state index is -0.422. The molecule has 0 atom stereocenters. The smallest absolute Gasteiger partial charge is 0.342 e. The molecule has 0 N–H and O–H groups in total. The number of allylic oxidation sites excluding steroid dienone is 1. The molecule has 33 heavy (non-hydrogen) atoms. The lowest BCUT2D eigenvalue weighted by molar-refractivity contribution is 0.0467. The van der Waals surface area contributed by atoms with E-state index in [1.165, 1.54) is 5.56 Å². The van der Waals surface area contributed by atoms with Gasteiger partial charge in [0.2, 0.25) is 0 Å². The monoisotopic (exact) mass is 442 g/mol. The Morgan fingerprint density at radius 1 is 0.909 bits per heavy atom. The predicted molar refractivity (Wildman–Crippen MR) is 132 cm³/mol. The van der Waals surface area contributed by atoms with E-state index in [4.69, 9.17) is 14.2 Å². The number of rotatable bonds is 12. The summed E-state index contributed by atoms with van der Waals surface area (Å²) in [4.78, 5) is 13.4. The zero-order valence-corrected chi connectivity index (χ0v) is 19.1. The standard InChI is InChI=1S/C29H30O4/c1-4-12-25-26(31-3)20-24(18-17-22-13-8-6-9-14-22)27(28(25)32-19-5-2)29(30)33-21-23-15-10-7-11-16-23/h4-11,13-16,20H,1-2,12,17-19,21H2,3H3. The topological polar surface area (TPSA) is 44.8 Å². The largest absolute Gasteiger partial charge is 0.496 e. The first-order valence-electron chi connectivity index (χ1n) is 11.0. The van der Waals surface area contributed by atoms with Crippen molar-refractivity contribution in [2.45, 2.75) is 25.9 Å². The molecule has 0 aliphatic rings. The van der Waals surface area contributed by atoms with Gasteiger partial charge in [-0.1, -0.05) is 79.4 Å². The lowest BCUT2D eigenvalue weighted by Gasteiger charge is -2.20. The van der Waals surface area contributed by atoms with Crippen molar-refractivity contribution in [1.82, 2.24) is 0 Å². The van der Waals surface area contributed by atoms with E-state index in [0.717, 1.165) is 23.1 Å². The van der Waals surface area contributed by atoms with Gasteiger partial charge in [0.15, 0.2) is 0 Å². The Kier molecular flexibility index (Phi) is 8.89. The summed E-state index contributed by atoms with van der Waals surface area (Å²) < 4.78 is 17.4. The van der Waals surface area contributed by atoms with Crippen molar-refractivity contribution in [1.29, 1.82) is 0 Å². The van der Waals surface area contributed by atoms with Crippen LogP contribution in [-0.2, 0) is 30.6 Å². The van der Waals surface area contributed by atoms with Crippen LogP contribution in [0.4, 0.5) is 0 Å². The van der Waals surface area contributed by atoms with Crippen LogP contribution < -0.4 is 9.47 Å². The second-order valence-electron chi connectivity index (χ2n) is 7.56. The van der Waals surface area contributed by atoms with Crippen molar-refractivity contribution in [3.8, 4) is 11.5 Å². The number of esters is 1. The summed E-state index contributed by atoms with van der Waals surface area (Å²) >= 11 is 0. The fourth-order valence-electron chi connectivity index (χ4n) is 3.69. The maximum atomic E-state index is 13.4. The first-order chi connectivity index (χ1) is 16.2. The first kappa shape index (κ1) is 23.9. The van der Waals surface area contributed by atoms with E-state index < -0.39 is 5.97 Å². The van der Waals surface area contributed by atoms with Gasteiger partial charge in [-0.25, -0.2) is 4.79 Å². The number of ether oxygens (including phenoxy) is 3. The van der Waals surface area contributed by atoms with Crippen LogP contribution in [0, 0.1) is 0 Å². The van der Waals surface area contributed by atoms with Gasteiger partial charge in [0, 0.05) is 5.56 Å². The lowest BCUT2D eigenvalue weighted by Crippen LogP contribution is -2.14. The molecule has 0 radical (unpaired) electrons. The minimum Gasteiger partial charge on any atom is -0.496 e. The molecule has 3 aromatic rings. The molecule has 0 saturated heterocycles. The molecule has 0 fully saturated rings. The van der Waals surface area contributed by atoms with Crippen LogP contribution in [-0.4, -0.2) is 19.7 Å². The summed E-state index contributed by atoms with van der Waals surface area (Å²) in [5, 5.41) is 0. The Balaban J connectivity index is 2.02. The van der Waals surface area contributed by atoms with Crippen molar-refractivity contribution in [3.05, 3.63) is 120 Å². The van der Waals surface area contributed by atoms with Crippen LogP contribution in [0.3, 0.4) is 0 Å². The number of aryl methyl sites for hydroxylation is 2. The van der Waals surface area contributed by atoms with Gasteiger partial charge in [-0.05, 0) is 42.0 Å². The lowest BCUT2D eigenvalue weighted by atomic mass is 9.94. The second kappa shape index (κ2) is 12.3. The predicted octanol–water partition coefficient (Wildman–Crippen LogP) is 6.13. The molecule has 0 saturated carbocycles. The highest BCUT2D eigenvalue weighted by atomic mass is 16.5. The second-order valence-corrected chi connectivity index (χ2v) is 7.56. The molecule has 4 nitrogen and oxygen atoms in total. The highest BCUT2D eigenvalue weighted by Crippen LogP contribution is 2.37. The summed E-state index contributed by atoms with van der Waals surface area (Å²) in [5.41, 5.74) is 4.13. The molecular weight excluding hydrogens is 412 g/mol. The Morgan fingerprint density at radius 2 is 1.58 bits per heavy atom. The molecule has 170 valence electrons. The van der Waals surface area contributed by atoms with Gasteiger partial charge in [0.05, 0.1) is 7.11 Å². The third kappa shape index (κ3) is 6.36. The van der Waals surface area contributed by atoms with Crippen LogP contribution in [0.2, 0.25) is 0 Å². The van der Waals surface area contributed by atoms with E-state index in [9.17, 15) is 4.79 Å². The van der Waals surface area contributed by atoms with E-state index in [-0.39, 0.29) is 13.2 Å². The number of hydrogen-bond donors (Lipinski definition) is 0. The maximum Gasteiger partial charge on any atom is 0.342 e. The molecular formula is C29H30O4. The van der Waals surface area contributed by atoms with Crippen molar-refractivity contribution in [2.75, 3.05) is 13.7 Å². The van der Waals surface area contributed by atoms with E-state index in [2.05, 4.69) is 25.3 Å². The average Bonchev–Trinajstić information content (AvgIpc) is 2.86. The van der Waals surface area contributed by atoms with E-state index in [0.29, 0.717) is 29.9 Å². The van der Waals surface area contributed by atoms with Crippen LogP contribution in [0.5, 0.6) is 11.5 Å². The molecule has 0 bridgehead atoms. The fraction of sp³-hybridized carbons (Fsp3) is 0.207. The van der Waals surface area contributed by atoms with Crippen molar-refractivity contribution in [3.63, 3.8) is 0 Å². The Bertz CT molecular complexity index is 1070. The van der Waals surface area contributed by atoms with Crippen molar-refractivity contribution < 1.29 is 19.0 Å². The number of carbonyl (C=O) groups excluding carboxylic acids is 1. The first-order valence-corrected chi connectivity index (χ1v) is 11.0. The van der Waals surface area contributed by atoms with E-state index in [1.807, 2.05) is 54.6 Å². The van der Waals surface area contributed by atoms with Gasteiger partial charge in [-0.15, -0.1) is 6.58 Å². The van der Waals surface area contributed by atoms with Gasteiger partial charge < -0.3 is 14.2 Å². The molecule has 0 aromatic heterocycles. The summed E-state index contributed by atoms with van der Waals surface area (Å²) in [6.45, 7) is 8.05. The molecule has 0 aliphatic heterocycles. The number of methoxy groups -OCH3 is 1. The summed E-state index contributed by atoms with van der Waals surface area (Å²) in [6.07, 6.45) is 5.31. The van der Waals surface area contributed by atoms with Gasteiger partial charge in [-0.3, -0.25) is 0 Å². The van der Waals surface area contributed by atoms with Crippen LogP contribution in [0.15, 0.2) is 92.0 Å². The molecule has 0 aliphatic carbocycles. The Labute approximate surface area is 196 Å². The molecule has 0 amide bonds. The Morgan fingerprint density at radius 3 is 2.18 bits per heavy atom. The van der Waals surface area contributed by atoms with Gasteiger partial charge >= 0.3 is 5.97 Å². The number of benzene rings is 3. The van der Waals surface area contributed by atoms with Gasteiger partial charge in [-0.2, -0.15) is 0 Å². The zero-order chi connectivity index (χ0) is 23.5. The van der Waals surface area contributed by atoms with Crippen LogP contribution in [0.25, 0.3) is 0 Å². The summed E-state index contributed by atoms with van der Waals surface area (Å²) in [7, 11) is 1.62. The van der Waals surface area contributed by atoms with Crippen LogP contribution in [0.1, 0.15) is 32.6 Å².